The van der Waals surface area contributed by atoms with Gasteiger partial charge in [0.2, 0.25) is 0 Å². The number of aliphatic hydroxyl groups excluding tert-OH is 1. The van der Waals surface area contributed by atoms with E-state index in [2.05, 4.69) is 10.4 Å². The van der Waals surface area contributed by atoms with Crippen LogP contribution in [0.1, 0.15) is 36.2 Å². The van der Waals surface area contributed by atoms with E-state index in [0.29, 0.717) is 5.69 Å². The molecule has 0 saturated heterocycles. The molecule has 1 aromatic heterocycles. The van der Waals surface area contributed by atoms with Crippen molar-refractivity contribution >= 4 is 5.91 Å². The molecule has 1 aliphatic carbocycles. The number of nitrogens with one attached hydrogen (secondary N) is 1. The van der Waals surface area contributed by atoms with Crippen molar-refractivity contribution in [2.75, 3.05) is 6.61 Å². The maximum absolute atomic E-state index is 12.0. The van der Waals surface area contributed by atoms with E-state index in [1.165, 1.54) is 4.68 Å². The zero-order valence-electron chi connectivity index (χ0n) is 9.44. The molecule has 0 aliphatic heterocycles. The molecule has 1 aromatic rings. The molecule has 1 saturated carbocycles. The van der Waals surface area contributed by atoms with Crippen LogP contribution in [0.25, 0.3) is 0 Å². The molecule has 2 N–H and O–H groups in total. The summed E-state index contributed by atoms with van der Waals surface area (Å²) >= 11 is 0. The average Bonchev–Trinajstić information content (AvgIpc) is 2.87. The van der Waals surface area contributed by atoms with Gasteiger partial charge < -0.3 is 10.4 Å². The summed E-state index contributed by atoms with van der Waals surface area (Å²) in [6.45, 7) is 0.0105. The highest BCUT2D eigenvalue weighted by Crippen LogP contribution is 2.29. The minimum Gasteiger partial charge on any atom is -0.394 e. The molecular formula is C11H17N3O2. The molecule has 0 spiro atoms. The number of aliphatic hydroxyl groups is 1. The molecule has 1 heterocycles. The van der Waals surface area contributed by atoms with E-state index in [1.54, 1.807) is 19.3 Å². The first-order valence-electron chi connectivity index (χ1n) is 5.58. The predicted molar refractivity (Wildman–Crippen MR) is 59.0 cm³/mol. The molecule has 0 unspecified atom stereocenters. The van der Waals surface area contributed by atoms with E-state index >= 15 is 0 Å². The lowest BCUT2D eigenvalue weighted by atomic mass is 9.99. The second-order valence-electron chi connectivity index (χ2n) is 4.44. The molecule has 5 heteroatoms. The topological polar surface area (TPSA) is 67.2 Å². The highest BCUT2D eigenvalue weighted by molar-refractivity contribution is 5.93. The SMILES string of the molecule is Cn1nccc1C(=O)NC1(CO)CCCC1. The van der Waals surface area contributed by atoms with Gasteiger partial charge in [0, 0.05) is 13.2 Å². The van der Waals surface area contributed by atoms with Crippen molar-refractivity contribution in [3.8, 4) is 0 Å². The van der Waals surface area contributed by atoms with Crippen LogP contribution >= 0.6 is 0 Å². The number of aryl methyl sites for hydroxylation is 1. The first-order valence-corrected chi connectivity index (χ1v) is 5.58. The van der Waals surface area contributed by atoms with Crippen LogP contribution in [0.15, 0.2) is 12.3 Å². The number of hydrogen-bond acceptors (Lipinski definition) is 3. The molecular weight excluding hydrogens is 206 g/mol. The third-order valence-electron chi connectivity index (χ3n) is 3.30. The minimum absolute atomic E-state index is 0.0105. The summed E-state index contributed by atoms with van der Waals surface area (Å²) in [5.74, 6) is -0.157. The Morgan fingerprint density at radius 3 is 2.81 bits per heavy atom. The Morgan fingerprint density at radius 1 is 1.62 bits per heavy atom. The Hall–Kier alpha value is -1.36. The lowest BCUT2D eigenvalue weighted by molar-refractivity contribution is 0.0829. The Balaban J connectivity index is 2.09. The van der Waals surface area contributed by atoms with Gasteiger partial charge in [-0.1, -0.05) is 12.8 Å². The van der Waals surface area contributed by atoms with E-state index in [9.17, 15) is 9.90 Å². The first kappa shape index (κ1) is 11.1. The summed E-state index contributed by atoms with van der Waals surface area (Å²) in [5.41, 5.74) is 0.112. The molecule has 2 rings (SSSR count). The summed E-state index contributed by atoms with van der Waals surface area (Å²) in [6.07, 6.45) is 5.42. The van der Waals surface area contributed by atoms with Crippen molar-refractivity contribution in [3.05, 3.63) is 18.0 Å². The van der Waals surface area contributed by atoms with Crippen LogP contribution in [0.5, 0.6) is 0 Å². The summed E-state index contributed by atoms with van der Waals surface area (Å²) in [6, 6.07) is 1.68. The fourth-order valence-electron chi connectivity index (χ4n) is 2.28. The van der Waals surface area contributed by atoms with Crippen molar-refractivity contribution in [3.63, 3.8) is 0 Å². The van der Waals surface area contributed by atoms with Gasteiger partial charge in [0.05, 0.1) is 12.1 Å². The number of amides is 1. The number of hydrogen-bond donors (Lipinski definition) is 2. The van der Waals surface area contributed by atoms with Gasteiger partial charge in [-0.3, -0.25) is 9.48 Å². The molecule has 0 atom stereocenters. The minimum atomic E-state index is -0.415. The van der Waals surface area contributed by atoms with E-state index in [4.69, 9.17) is 0 Å². The number of rotatable bonds is 3. The van der Waals surface area contributed by atoms with Gasteiger partial charge in [-0.15, -0.1) is 0 Å². The third-order valence-corrected chi connectivity index (χ3v) is 3.30. The van der Waals surface area contributed by atoms with Crippen LogP contribution in [0, 0.1) is 0 Å². The second kappa shape index (κ2) is 4.25. The van der Waals surface area contributed by atoms with Crippen LogP contribution in [0.2, 0.25) is 0 Å². The molecule has 1 aliphatic rings. The molecule has 0 bridgehead atoms. The molecule has 88 valence electrons. The van der Waals surface area contributed by atoms with Crippen LogP contribution in [0.4, 0.5) is 0 Å². The standard InChI is InChI=1S/C11H17N3O2/c1-14-9(4-7-12-14)10(16)13-11(8-15)5-2-3-6-11/h4,7,15H,2-3,5-6,8H2,1H3,(H,13,16). The van der Waals surface area contributed by atoms with Crippen LogP contribution in [-0.2, 0) is 7.05 Å². The Morgan fingerprint density at radius 2 is 2.31 bits per heavy atom. The second-order valence-corrected chi connectivity index (χ2v) is 4.44. The zero-order chi connectivity index (χ0) is 11.6. The smallest absolute Gasteiger partial charge is 0.270 e. The van der Waals surface area contributed by atoms with E-state index < -0.39 is 5.54 Å². The van der Waals surface area contributed by atoms with Gasteiger partial charge in [-0.05, 0) is 18.9 Å². The van der Waals surface area contributed by atoms with Crippen molar-refractivity contribution in [1.29, 1.82) is 0 Å². The van der Waals surface area contributed by atoms with Crippen LogP contribution in [-0.4, -0.2) is 32.9 Å². The summed E-state index contributed by atoms with van der Waals surface area (Å²) in [4.78, 5) is 12.0. The van der Waals surface area contributed by atoms with Gasteiger partial charge in [0.1, 0.15) is 5.69 Å². The van der Waals surface area contributed by atoms with E-state index in [0.717, 1.165) is 25.7 Å². The Kier molecular flexibility index (Phi) is 2.96. The molecule has 1 amide bonds. The van der Waals surface area contributed by atoms with Crippen molar-refractivity contribution in [2.24, 2.45) is 7.05 Å². The van der Waals surface area contributed by atoms with Gasteiger partial charge >= 0.3 is 0 Å². The molecule has 0 radical (unpaired) electrons. The number of carbonyl (C=O) groups is 1. The summed E-state index contributed by atoms with van der Waals surface area (Å²) in [7, 11) is 1.73. The van der Waals surface area contributed by atoms with Crippen LogP contribution in [0.3, 0.4) is 0 Å². The quantitative estimate of drug-likeness (QED) is 0.782. The number of carbonyl (C=O) groups excluding carboxylic acids is 1. The fraction of sp³-hybridized carbons (Fsp3) is 0.636. The highest BCUT2D eigenvalue weighted by atomic mass is 16.3. The maximum Gasteiger partial charge on any atom is 0.270 e. The maximum atomic E-state index is 12.0. The highest BCUT2D eigenvalue weighted by Gasteiger charge is 2.35. The van der Waals surface area contributed by atoms with E-state index in [-0.39, 0.29) is 12.5 Å². The van der Waals surface area contributed by atoms with Gasteiger partial charge in [0.15, 0.2) is 0 Å². The largest absolute Gasteiger partial charge is 0.394 e. The van der Waals surface area contributed by atoms with Gasteiger partial charge in [-0.2, -0.15) is 5.10 Å². The Bertz CT molecular complexity index is 380. The van der Waals surface area contributed by atoms with Gasteiger partial charge in [-0.25, -0.2) is 0 Å². The normalized spacial score (nSPS) is 18.6. The summed E-state index contributed by atoms with van der Waals surface area (Å²) < 4.78 is 1.54. The van der Waals surface area contributed by atoms with Crippen molar-refractivity contribution < 1.29 is 9.90 Å². The monoisotopic (exact) mass is 223 g/mol. The lowest BCUT2D eigenvalue weighted by Gasteiger charge is -2.27. The number of nitrogens with zero attached hydrogens (tertiary/aromatic N) is 2. The lowest BCUT2D eigenvalue weighted by Crippen LogP contribution is -2.49. The fourth-order valence-corrected chi connectivity index (χ4v) is 2.28. The van der Waals surface area contributed by atoms with Crippen molar-refractivity contribution in [2.45, 2.75) is 31.2 Å². The van der Waals surface area contributed by atoms with E-state index in [1.807, 2.05) is 0 Å². The summed E-state index contributed by atoms with van der Waals surface area (Å²) in [5, 5.41) is 16.3. The van der Waals surface area contributed by atoms with Crippen molar-refractivity contribution in [1.82, 2.24) is 15.1 Å². The number of aromatic nitrogens is 2. The molecule has 0 aromatic carbocycles. The third kappa shape index (κ3) is 1.95. The van der Waals surface area contributed by atoms with Crippen LogP contribution < -0.4 is 5.32 Å². The zero-order valence-corrected chi connectivity index (χ0v) is 9.44. The predicted octanol–water partition coefficient (Wildman–Crippen LogP) is 0.455. The van der Waals surface area contributed by atoms with Gasteiger partial charge in [0.25, 0.3) is 5.91 Å². The molecule has 1 fully saturated rings. The molecule has 5 nitrogen and oxygen atoms in total. The molecule has 16 heavy (non-hydrogen) atoms. The Labute approximate surface area is 94.5 Å². The average molecular weight is 223 g/mol. The first-order chi connectivity index (χ1) is 7.67.